The third kappa shape index (κ3) is 10.0. The summed E-state index contributed by atoms with van der Waals surface area (Å²) >= 11 is 18.8. The SMILES string of the molecule is CCCNC(=O)[C@@H](Cc1ccccc1)N(Cc1ccc(Cl)cc1Cl)C(=O)CCCN(c1ccc(OC)c(Cl)c1)S(C)(=O)=O. The van der Waals surface area contributed by atoms with Crippen molar-refractivity contribution in [2.45, 2.75) is 45.2 Å². The number of benzene rings is 3. The smallest absolute Gasteiger partial charge is 0.243 e. The van der Waals surface area contributed by atoms with Gasteiger partial charge in [0, 0.05) is 42.5 Å². The van der Waals surface area contributed by atoms with Gasteiger partial charge in [-0.15, -0.1) is 0 Å². The highest BCUT2D eigenvalue weighted by Crippen LogP contribution is 2.30. The number of ether oxygens (including phenoxy) is 1. The summed E-state index contributed by atoms with van der Waals surface area (Å²) in [5.74, 6) is -0.189. The molecule has 0 aliphatic heterocycles. The molecular weight excluding hydrogens is 633 g/mol. The number of amides is 2. The summed E-state index contributed by atoms with van der Waals surface area (Å²) in [7, 11) is -2.23. The molecular formula is C31H36Cl3N3O5S. The van der Waals surface area contributed by atoms with Crippen molar-refractivity contribution in [1.82, 2.24) is 10.2 Å². The number of sulfonamides is 1. The molecule has 0 aliphatic carbocycles. The highest BCUT2D eigenvalue weighted by molar-refractivity contribution is 7.92. The zero-order valence-electron chi connectivity index (χ0n) is 24.4. The van der Waals surface area contributed by atoms with Crippen molar-refractivity contribution >= 4 is 62.3 Å². The number of carbonyl (C=O) groups excluding carboxylic acids is 2. The third-order valence-corrected chi connectivity index (χ3v) is 8.83. The first-order chi connectivity index (χ1) is 20.4. The highest BCUT2D eigenvalue weighted by Gasteiger charge is 2.31. The van der Waals surface area contributed by atoms with Crippen LogP contribution in [0.2, 0.25) is 15.1 Å². The van der Waals surface area contributed by atoms with E-state index in [0.29, 0.717) is 33.6 Å². The second kappa shape index (κ2) is 16.2. The van der Waals surface area contributed by atoms with E-state index in [2.05, 4.69) is 5.32 Å². The Labute approximate surface area is 268 Å². The van der Waals surface area contributed by atoms with Gasteiger partial charge >= 0.3 is 0 Å². The minimum Gasteiger partial charge on any atom is -0.495 e. The molecule has 1 N–H and O–H groups in total. The fourth-order valence-corrected chi connectivity index (χ4v) is 6.25. The molecule has 0 unspecified atom stereocenters. The first-order valence-corrected chi connectivity index (χ1v) is 16.8. The van der Waals surface area contributed by atoms with Crippen LogP contribution in [0, 0.1) is 0 Å². The maximum atomic E-state index is 13.9. The Kier molecular flexibility index (Phi) is 13.0. The number of methoxy groups -OCH3 is 1. The fourth-order valence-electron chi connectivity index (χ4n) is 4.57. The monoisotopic (exact) mass is 667 g/mol. The largest absolute Gasteiger partial charge is 0.495 e. The van der Waals surface area contributed by atoms with Gasteiger partial charge in [0.15, 0.2) is 0 Å². The molecule has 3 aromatic rings. The average Bonchev–Trinajstić information content (AvgIpc) is 2.96. The number of nitrogens with one attached hydrogen (secondary N) is 1. The van der Waals surface area contributed by atoms with E-state index >= 15 is 0 Å². The predicted molar refractivity (Wildman–Crippen MR) is 174 cm³/mol. The second-order valence-corrected chi connectivity index (χ2v) is 13.2. The zero-order chi connectivity index (χ0) is 31.6. The molecule has 0 aliphatic rings. The van der Waals surface area contributed by atoms with E-state index in [0.717, 1.165) is 18.2 Å². The van der Waals surface area contributed by atoms with E-state index in [1.54, 1.807) is 30.3 Å². The molecule has 3 aromatic carbocycles. The number of rotatable bonds is 15. The molecule has 8 nitrogen and oxygen atoms in total. The van der Waals surface area contributed by atoms with Crippen molar-refractivity contribution in [3.8, 4) is 5.75 Å². The fraction of sp³-hybridized carbons (Fsp3) is 0.355. The molecule has 0 radical (unpaired) electrons. The Balaban J connectivity index is 1.90. The van der Waals surface area contributed by atoms with E-state index in [4.69, 9.17) is 39.5 Å². The highest BCUT2D eigenvalue weighted by atomic mass is 35.5. The summed E-state index contributed by atoms with van der Waals surface area (Å²) < 4.78 is 31.8. The van der Waals surface area contributed by atoms with Crippen LogP contribution in [-0.4, -0.2) is 57.6 Å². The molecule has 43 heavy (non-hydrogen) atoms. The van der Waals surface area contributed by atoms with Crippen molar-refractivity contribution in [3.63, 3.8) is 0 Å². The molecule has 0 bridgehead atoms. The van der Waals surface area contributed by atoms with Crippen LogP contribution in [0.1, 0.15) is 37.3 Å². The predicted octanol–water partition coefficient (Wildman–Crippen LogP) is 6.37. The van der Waals surface area contributed by atoms with Crippen molar-refractivity contribution in [3.05, 3.63) is 92.9 Å². The van der Waals surface area contributed by atoms with Crippen LogP contribution < -0.4 is 14.4 Å². The van der Waals surface area contributed by atoms with Gasteiger partial charge in [0.2, 0.25) is 21.8 Å². The van der Waals surface area contributed by atoms with E-state index in [9.17, 15) is 18.0 Å². The molecule has 0 fully saturated rings. The molecule has 0 saturated carbocycles. The topological polar surface area (TPSA) is 96.0 Å². The number of hydrogen-bond acceptors (Lipinski definition) is 5. The Morgan fingerprint density at radius 2 is 1.70 bits per heavy atom. The van der Waals surface area contributed by atoms with Crippen LogP contribution >= 0.6 is 34.8 Å². The Hall–Kier alpha value is -2.98. The van der Waals surface area contributed by atoms with Crippen molar-refractivity contribution in [1.29, 1.82) is 0 Å². The molecule has 2 amide bonds. The molecule has 0 spiro atoms. The van der Waals surface area contributed by atoms with Gasteiger partial charge in [-0.05, 0) is 54.3 Å². The van der Waals surface area contributed by atoms with E-state index in [-0.39, 0.29) is 49.2 Å². The van der Waals surface area contributed by atoms with Gasteiger partial charge in [0.25, 0.3) is 0 Å². The summed E-state index contributed by atoms with van der Waals surface area (Å²) in [5, 5.41) is 4.02. The van der Waals surface area contributed by atoms with E-state index in [1.807, 2.05) is 37.3 Å². The molecule has 3 rings (SSSR count). The minimum absolute atomic E-state index is 0.0204. The summed E-state index contributed by atoms with van der Waals surface area (Å²) in [5.41, 5.74) is 1.87. The van der Waals surface area contributed by atoms with Gasteiger partial charge in [0.05, 0.1) is 24.1 Å². The summed E-state index contributed by atoms with van der Waals surface area (Å²) in [6.45, 7) is 2.50. The molecule has 1 atom stereocenters. The number of nitrogens with zero attached hydrogens (tertiary/aromatic N) is 2. The average molecular weight is 669 g/mol. The first-order valence-electron chi connectivity index (χ1n) is 13.8. The first kappa shape index (κ1) is 34.5. The van der Waals surface area contributed by atoms with Crippen LogP contribution in [0.15, 0.2) is 66.7 Å². The van der Waals surface area contributed by atoms with Crippen LogP contribution in [0.5, 0.6) is 5.75 Å². The molecule has 0 aromatic heterocycles. The Morgan fingerprint density at radius 1 is 0.977 bits per heavy atom. The van der Waals surface area contributed by atoms with Crippen LogP contribution in [0.25, 0.3) is 0 Å². The number of halogens is 3. The van der Waals surface area contributed by atoms with Gasteiger partial charge in [0.1, 0.15) is 11.8 Å². The van der Waals surface area contributed by atoms with Gasteiger partial charge in [-0.2, -0.15) is 0 Å². The molecule has 0 saturated heterocycles. The quantitative estimate of drug-likeness (QED) is 0.203. The minimum atomic E-state index is -3.70. The van der Waals surface area contributed by atoms with E-state index < -0.39 is 16.1 Å². The number of carbonyl (C=O) groups is 2. The molecule has 232 valence electrons. The standard InChI is InChI=1S/C31H36Cl3N3O5S/c1-4-16-35-31(39)28(18-22-9-6-5-7-10-22)36(21-23-12-13-24(32)19-26(23)33)30(38)11-8-17-37(43(3,40)41)25-14-15-29(42-2)27(34)20-25/h5-7,9-10,12-15,19-20,28H,4,8,11,16-18,21H2,1-3H3,(H,35,39)/t28-/m1/s1. The lowest BCUT2D eigenvalue weighted by Gasteiger charge is -2.32. The third-order valence-electron chi connectivity index (χ3n) is 6.75. The van der Waals surface area contributed by atoms with Gasteiger partial charge in [-0.3, -0.25) is 13.9 Å². The van der Waals surface area contributed by atoms with Crippen molar-refractivity contribution in [2.24, 2.45) is 0 Å². The maximum Gasteiger partial charge on any atom is 0.243 e. The maximum absolute atomic E-state index is 13.9. The van der Waals surface area contributed by atoms with Gasteiger partial charge in [-0.1, -0.05) is 78.1 Å². The summed E-state index contributed by atoms with van der Waals surface area (Å²) in [6, 6.07) is 18.3. The molecule has 12 heteroatoms. The Bertz CT molecular complexity index is 1510. The lowest BCUT2D eigenvalue weighted by Crippen LogP contribution is -2.50. The summed E-state index contributed by atoms with van der Waals surface area (Å²) in [4.78, 5) is 28.9. The van der Waals surface area contributed by atoms with E-state index in [1.165, 1.54) is 22.4 Å². The van der Waals surface area contributed by atoms with Crippen molar-refractivity contribution in [2.75, 3.05) is 30.8 Å². The lowest BCUT2D eigenvalue weighted by atomic mass is 10.0. The molecule has 0 heterocycles. The number of hydrogen-bond donors (Lipinski definition) is 1. The summed E-state index contributed by atoms with van der Waals surface area (Å²) in [6.07, 6.45) is 2.28. The van der Waals surface area contributed by atoms with Crippen LogP contribution in [-0.2, 0) is 32.6 Å². The van der Waals surface area contributed by atoms with Gasteiger partial charge < -0.3 is 15.0 Å². The van der Waals surface area contributed by atoms with Gasteiger partial charge in [-0.25, -0.2) is 8.42 Å². The Morgan fingerprint density at radius 3 is 2.30 bits per heavy atom. The number of anilines is 1. The van der Waals surface area contributed by atoms with Crippen LogP contribution in [0.4, 0.5) is 5.69 Å². The zero-order valence-corrected chi connectivity index (χ0v) is 27.4. The lowest BCUT2D eigenvalue weighted by molar-refractivity contribution is -0.141. The van der Waals surface area contributed by atoms with Crippen LogP contribution in [0.3, 0.4) is 0 Å². The second-order valence-electron chi connectivity index (χ2n) is 10.0. The normalized spacial score (nSPS) is 12.0. The van der Waals surface area contributed by atoms with Crippen molar-refractivity contribution < 1.29 is 22.7 Å².